The van der Waals surface area contributed by atoms with Crippen molar-refractivity contribution in [1.29, 1.82) is 0 Å². The second-order valence-corrected chi connectivity index (χ2v) is 8.93. The SMILES string of the molecule is COc1cc(/C=C/C(=O)N2CCCC2c2ccc3c(c2)OCCO3)ccc1OCc1c(C)noc1C. The Bertz CT molecular complexity index is 1260. The van der Waals surface area contributed by atoms with Gasteiger partial charge in [-0.3, -0.25) is 4.79 Å². The van der Waals surface area contributed by atoms with Crippen molar-refractivity contribution in [3.63, 3.8) is 0 Å². The van der Waals surface area contributed by atoms with Gasteiger partial charge in [-0.15, -0.1) is 0 Å². The molecule has 1 aromatic heterocycles. The number of aryl methyl sites for hydroxylation is 2. The van der Waals surface area contributed by atoms with Crippen molar-refractivity contribution < 1.29 is 28.3 Å². The van der Waals surface area contributed by atoms with Crippen LogP contribution in [0.2, 0.25) is 0 Å². The summed E-state index contributed by atoms with van der Waals surface area (Å²) in [5.74, 6) is 3.42. The quantitative estimate of drug-likeness (QED) is 0.430. The van der Waals surface area contributed by atoms with E-state index in [-0.39, 0.29) is 11.9 Å². The number of amides is 1. The van der Waals surface area contributed by atoms with E-state index in [1.165, 1.54) is 0 Å². The van der Waals surface area contributed by atoms with E-state index >= 15 is 0 Å². The van der Waals surface area contributed by atoms with Gasteiger partial charge in [-0.05, 0) is 68.2 Å². The summed E-state index contributed by atoms with van der Waals surface area (Å²) in [6.45, 7) is 5.90. The van der Waals surface area contributed by atoms with Crippen LogP contribution in [0.3, 0.4) is 0 Å². The first kappa shape index (κ1) is 23.8. The van der Waals surface area contributed by atoms with E-state index < -0.39 is 0 Å². The summed E-state index contributed by atoms with van der Waals surface area (Å²) < 4.78 is 28.0. The first-order valence-corrected chi connectivity index (χ1v) is 12.1. The molecule has 0 bridgehead atoms. The highest BCUT2D eigenvalue weighted by molar-refractivity contribution is 5.92. The van der Waals surface area contributed by atoms with Crippen molar-refractivity contribution in [2.45, 2.75) is 39.3 Å². The van der Waals surface area contributed by atoms with E-state index in [2.05, 4.69) is 5.16 Å². The number of ether oxygens (including phenoxy) is 4. The normalized spacial score (nSPS) is 17.0. The zero-order chi connectivity index (χ0) is 25.1. The van der Waals surface area contributed by atoms with Crippen molar-refractivity contribution in [3.8, 4) is 23.0 Å². The number of fused-ring (bicyclic) bond motifs is 1. The van der Waals surface area contributed by atoms with Crippen molar-refractivity contribution in [2.24, 2.45) is 0 Å². The van der Waals surface area contributed by atoms with E-state index in [4.69, 9.17) is 23.5 Å². The van der Waals surface area contributed by atoms with Crippen molar-refractivity contribution in [3.05, 3.63) is 70.6 Å². The van der Waals surface area contributed by atoms with Gasteiger partial charge in [0.15, 0.2) is 23.0 Å². The van der Waals surface area contributed by atoms with Crippen LogP contribution in [-0.2, 0) is 11.4 Å². The molecule has 0 saturated carbocycles. The molecule has 8 nitrogen and oxygen atoms in total. The van der Waals surface area contributed by atoms with Gasteiger partial charge in [-0.2, -0.15) is 0 Å². The van der Waals surface area contributed by atoms with Crippen LogP contribution in [0, 0.1) is 13.8 Å². The number of nitrogens with zero attached hydrogens (tertiary/aromatic N) is 2. The number of carbonyl (C=O) groups excluding carboxylic acids is 1. The number of hydrogen-bond donors (Lipinski definition) is 0. The zero-order valence-corrected chi connectivity index (χ0v) is 20.8. The Kier molecular flexibility index (Phi) is 6.84. The van der Waals surface area contributed by atoms with E-state index in [1.807, 2.05) is 61.2 Å². The lowest BCUT2D eigenvalue weighted by Crippen LogP contribution is -2.29. The van der Waals surface area contributed by atoms with Gasteiger partial charge in [-0.1, -0.05) is 17.3 Å². The van der Waals surface area contributed by atoms with E-state index in [1.54, 1.807) is 13.2 Å². The van der Waals surface area contributed by atoms with Gasteiger partial charge in [0.25, 0.3) is 0 Å². The van der Waals surface area contributed by atoms with Crippen LogP contribution in [0.25, 0.3) is 6.08 Å². The summed E-state index contributed by atoms with van der Waals surface area (Å²) in [5, 5.41) is 3.96. The fourth-order valence-corrected chi connectivity index (χ4v) is 4.67. The number of benzene rings is 2. The minimum absolute atomic E-state index is 0.0209. The fraction of sp³-hybridized carbons (Fsp3) is 0.357. The van der Waals surface area contributed by atoms with Crippen LogP contribution in [0.15, 0.2) is 47.0 Å². The highest BCUT2D eigenvalue weighted by Crippen LogP contribution is 2.38. The smallest absolute Gasteiger partial charge is 0.247 e. The summed E-state index contributed by atoms with van der Waals surface area (Å²) in [6.07, 6.45) is 5.31. The topological polar surface area (TPSA) is 83.3 Å². The molecule has 0 N–H and O–H groups in total. The van der Waals surface area contributed by atoms with Crippen LogP contribution in [0.1, 0.15) is 47.0 Å². The molecule has 1 saturated heterocycles. The predicted octanol–water partition coefficient (Wildman–Crippen LogP) is 5.03. The average Bonchev–Trinajstić information content (AvgIpc) is 3.52. The van der Waals surface area contributed by atoms with Gasteiger partial charge >= 0.3 is 0 Å². The van der Waals surface area contributed by atoms with Crippen molar-refractivity contribution in [2.75, 3.05) is 26.9 Å². The molecule has 188 valence electrons. The molecule has 0 spiro atoms. The van der Waals surface area contributed by atoms with Crippen molar-refractivity contribution in [1.82, 2.24) is 10.1 Å². The molecule has 3 heterocycles. The van der Waals surface area contributed by atoms with Crippen molar-refractivity contribution >= 4 is 12.0 Å². The summed E-state index contributed by atoms with van der Waals surface area (Å²) in [4.78, 5) is 15.0. The lowest BCUT2D eigenvalue weighted by Gasteiger charge is -2.26. The van der Waals surface area contributed by atoms with Crippen LogP contribution in [-0.4, -0.2) is 42.8 Å². The minimum atomic E-state index is -0.0231. The summed E-state index contributed by atoms with van der Waals surface area (Å²) in [5.41, 5.74) is 3.64. The van der Waals surface area contributed by atoms with Crippen LogP contribution in [0.4, 0.5) is 0 Å². The van der Waals surface area contributed by atoms with E-state index in [0.717, 1.165) is 59.0 Å². The Hall–Kier alpha value is -3.94. The number of rotatable bonds is 7. The molecule has 3 aromatic rings. The molecule has 8 heteroatoms. The Morgan fingerprint density at radius 1 is 1.11 bits per heavy atom. The highest BCUT2D eigenvalue weighted by Gasteiger charge is 2.29. The lowest BCUT2D eigenvalue weighted by atomic mass is 10.0. The summed E-state index contributed by atoms with van der Waals surface area (Å²) in [7, 11) is 1.60. The lowest BCUT2D eigenvalue weighted by molar-refractivity contribution is -0.126. The molecule has 1 atom stereocenters. The molecule has 0 aliphatic carbocycles. The number of aromatic nitrogens is 1. The van der Waals surface area contributed by atoms with Gasteiger partial charge in [0, 0.05) is 12.6 Å². The highest BCUT2D eigenvalue weighted by atomic mass is 16.6. The third-order valence-electron chi connectivity index (χ3n) is 6.65. The molecule has 1 amide bonds. The third kappa shape index (κ3) is 4.89. The number of likely N-dealkylation sites (tertiary alicyclic amines) is 1. The van der Waals surface area contributed by atoms with Crippen LogP contribution >= 0.6 is 0 Å². The van der Waals surface area contributed by atoms with Crippen LogP contribution < -0.4 is 18.9 Å². The van der Waals surface area contributed by atoms with Gasteiger partial charge in [0.2, 0.25) is 5.91 Å². The fourth-order valence-electron chi connectivity index (χ4n) is 4.67. The Balaban J connectivity index is 1.26. The molecule has 1 fully saturated rings. The maximum absolute atomic E-state index is 13.1. The Labute approximate surface area is 210 Å². The monoisotopic (exact) mass is 490 g/mol. The number of hydrogen-bond acceptors (Lipinski definition) is 7. The Morgan fingerprint density at radius 2 is 1.94 bits per heavy atom. The maximum Gasteiger partial charge on any atom is 0.247 e. The van der Waals surface area contributed by atoms with Gasteiger partial charge in [0.05, 0.1) is 24.4 Å². The second-order valence-electron chi connectivity index (χ2n) is 8.93. The van der Waals surface area contributed by atoms with E-state index in [9.17, 15) is 4.79 Å². The van der Waals surface area contributed by atoms with Gasteiger partial charge < -0.3 is 28.4 Å². The molecule has 36 heavy (non-hydrogen) atoms. The maximum atomic E-state index is 13.1. The molecule has 5 rings (SSSR count). The minimum Gasteiger partial charge on any atom is -0.493 e. The average molecular weight is 491 g/mol. The second kappa shape index (κ2) is 10.4. The molecule has 1 unspecified atom stereocenters. The number of methoxy groups -OCH3 is 1. The Morgan fingerprint density at radius 3 is 2.72 bits per heavy atom. The first-order valence-electron chi connectivity index (χ1n) is 12.1. The number of carbonyl (C=O) groups is 1. The summed E-state index contributed by atoms with van der Waals surface area (Å²) in [6, 6.07) is 11.6. The largest absolute Gasteiger partial charge is 0.493 e. The third-order valence-corrected chi connectivity index (χ3v) is 6.65. The molecular weight excluding hydrogens is 460 g/mol. The molecule has 2 aliphatic heterocycles. The molecular formula is C28H30N2O6. The predicted molar refractivity (Wildman–Crippen MR) is 133 cm³/mol. The standard InChI is InChI=1S/C28H30N2O6/c1-18-22(19(2)36-29-18)17-35-24-9-6-20(15-26(24)32-3)7-11-28(31)30-12-4-5-23(30)21-8-10-25-27(16-21)34-14-13-33-25/h6-11,15-16,23H,4-5,12-14,17H2,1-3H3/b11-7+. The molecule has 2 aliphatic rings. The van der Waals surface area contributed by atoms with Crippen LogP contribution in [0.5, 0.6) is 23.0 Å². The molecule has 2 aromatic carbocycles. The first-order chi connectivity index (χ1) is 17.5. The summed E-state index contributed by atoms with van der Waals surface area (Å²) >= 11 is 0. The van der Waals surface area contributed by atoms with Gasteiger partial charge in [-0.25, -0.2) is 0 Å². The van der Waals surface area contributed by atoms with E-state index in [0.29, 0.717) is 31.3 Å². The molecule has 0 radical (unpaired) electrons. The zero-order valence-electron chi connectivity index (χ0n) is 20.8. The van der Waals surface area contributed by atoms with Gasteiger partial charge in [0.1, 0.15) is 25.6 Å².